The summed E-state index contributed by atoms with van der Waals surface area (Å²) in [6.07, 6.45) is 14.4. The van der Waals surface area contributed by atoms with Crippen molar-refractivity contribution in [1.82, 2.24) is 15.1 Å². The van der Waals surface area contributed by atoms with Crippen molar-refractivity contribution in [3.05, 3.63) is 90.1 Å². The number of methoxy groups -OCH3 is 1. The highest BCUT2D eigenvalue weighted by molar-refractivity contribution is 6.08. The van der Waals surface area contributed by atoms with Crippen LogP contribution in [0.4, 0.5) is 0 Å². The van der Waals surface area contributed by atoms with Crippen LogP contribution in [-0.2, 0) is 33.4 Å². The molecule has 0 aromatic heterocycles. The minimum absolute atomic E-state index is 0.150. The van der Waals surface area contributed by atoms with E-state index in [1.807, 2.05) is 48.6 Å². The lowest BCUT2D eigenvalue weighted by molar-refractivity contribution is -0.145. The van der Waals surface area contributed by atoms with E-state index in [2.05, 4.69) is 57.8 Å². The average molecular weight is 755 g/mol. The standard InChI is InChI=1S/C44H58N4O7/c1-7-30-34(25-27(2)3)32(38-37(30)41(50)48(44(38)53)22-20-46-19-17-36(49)55-24-23-54-6)15-16-33-35(26-28(4)5)31(14-13-29-11-9-8-10-12-29)39-40(33)43(52)47(21-18-45)42(39)51/h7-16,25-28,30-33,37-40,46H,1,17-24,45H2,2-6H3/t30-,31+,32+,33-,37+,38-,39-,40+/m0/s1. The highest BCUT2D eigenvalue weighted by Crippen LogP contribution is 2.55. The lowest BCUT2D eigenvalue weighted by Crippen LogP contribution is -2.39. The Morgan fingerprint density at radius 2 is 1.27 bits per heavy atom. The van der Waals surface area contributed by atoms with E-state index in [1.54, 1.807) is 6.08 Å². The summed E-state index contributed by atoms with van der Waals surface area (Å²) >= 11 is 0. The molecular weight excluding hydrogens is 697 g/mol. The number of rotatable bonds is 18. The molecule has 4 aliphatic rings. The summed E-state index contributed by atoms with van der Waals surface area (Å²) < 4.78 is 10.0. The molecule has 1 aromatic rings. The average Bonchev–Trinajstić information content (AvgIpc) is 3.78. The normalized spacial score (nSPS) is 29.4. The first kappa shape index (κ1) is 41.7. The number of carbonyl (C=O) groups excluding carboxylic acids is 5. The van der Waals surface area contributed by atoms with Gasteiger partial charge in [0.05, 0.1) is 36.7 Å². The number of nitrogens with zero attached hydrogens (tertiary/aromatic N) is 2. The zero-order valence-corrected chi connectivity index (χ0v) is 32.9. The predicted molar refractivity (Wildman–Crippen MR) is 211 cm³/mol. The molecule has 2 saturated heterocycles. The molecule has 11 heteroatoms. The fraction of sp³-hybridized carbons (Fsp3) is 0.523. The maximum Gasteiger partial charge on any atom is 0.307 e. The van der Waals surface area contributed by atoms with Crippen LogP contribution >= 0.6 is 0 Å². The first-order valence-electron chi connectivity index (χ1n) is 19.7. The Morgan fingerprint density at radius 3 is 1.78 bits per heavy atom. The lowest BCUT2D eigenvalue weighted by atomic mass is 9.84. The molecule has 0 spiro atoms. The largest absolute Gasteiger partial charge is 0.463 e. The summed E-state index contributed by atoms with van der Waals surface area (Å²) in [6.45, 7) is 14.1. The number of ether oxygens (including phenoxy) is 2. The van der Waals surface area contributed by atoms with Gasteiger partial charge in [-0.15, -0.1) is 6.58 Å². The molecule has 0 radical (unpaired) electrons. The summed E-state index contributed by atoms with van der Waals surface area (Å²) in [6, 6.07) is 9.89. The van der Waals surface area contributed by atoms with Gasteiger partial charge in [-0.3, -0.25) is 33.8 Å². The Bertz CT molecular complexity index is 1710. The van der Waals surface area contributed by atoms with Gasteiger partial charge in [0.2, 0.25) is 23.6 Å². The van der Waals surface area contributed by atoms with Crippen LogP contribution in [0.1, 0.15) is 39.7 Å². The number of benzene rings is 1. The van der Waals surface area contributed by atoms with E-state index in [0.717, 1.165) is 16.7 Å². The number of allylic oxidation sites excluding steroid dienone is 8. The molecule has 3 N–H and O–H groups in total. The van der Waals surface area contributed by atoms with Crippen molar-refractivity contribution in [2.75, 3.05) is 53.0 Å². The number of hydrogen-bond donors (Lipinski definition) is 2. The van der Waals surface area contributed by atoms with Crippen LogP contribution in [0.5, 0.6) is 0 Å². The Balaban J connectivity index is 1.45. The molecule has 2 heterocycles. The molecule has 8 atom stereocenters. The monoisotopic (exact) mass is 754 g/mol. The van der Waals surface area contributed by atoms with Gasteiger partial charge < -0.3 is 20.5 Å². The number of fused-ring (bicyclic) bond motifs is 2. The van der Waals surface area contributed by atoms with Gasteiger partial charge >= 0.3 is 5.97 Å². The van der Waals surface area contributed by atoms with Gasteiger partial charge in [0.1, 0.15) is 6.61 Å². The second-order valence-electron chi connectivity index (χ2n) is 15.6. The second-order valence-corrected chi connectivity index (χ2v) is 15.6. The minimum atomic E-state index is -0.634. The molecule has 4 fully saturated rings. The molecule has 296 valence electrons. The van der Waals surface area contributed by atoms with Gasteiger partial charge in [-0.1, -0.05) is 112 Å². The van der Waals surface area contributed by atoms with E-state index in [1.165, 1.54) is 16.9 Å². The zero-order chi connectivity index (χ0) is 39.8. The van der Waals surface area contributed by atoms with Crippen molar-refractivity contribution in [2.24, 2.45) is 64.9 Å². The van der Waals surface area contributed by atoms with E-state index >= 15 is 0 Å². The molecule has 5 rings (SSSR count). The molecule has 2 aliphatic carbocycles. The van der Waals surface area contributed by atoms with Crippen molar-refractivity contribution in [3.63, 3.8) is 0 Å². The zero-order valence-electron chi connectivity index (χ0n) is 32.9. The van der Waals surface area contributed by atoms with Gasteiger partial charge in [0.15, 0.2) is 0 Å². The molecule has 55 heavy (non-hydrogen) atoms. The highest BCUT2D eigenvalue weighted by Gasteiger charge is 2.61. The van der Waals surface area contributed by atoms with Gasteiger partial charge in [0, 0.05) is 63.5 Å². The maximum atomic E-state index is 14.2. The van der Waals surface area contributed by atoms with Crippen molar-refractivity contribution < 1.29 is 33.4 Å². The lowest BCUT2D eigenvalue weighted by Gasteiger charge is -2.23. The number of amides is 4. The first-order chi connectivity index (χ1) is 26.4. The van der Waals surface area contributed by atoms with E-state index in [0.29, 0.717) is 19.7 Å². The molecular formula is C44H58N4O7. The van der Waals surface area contributed by atoms with Crippen molar-refractivity contribution in [1.29, 1.82) is 0 Å². The fourth-order valence-electron chi connectivity index (χ4n) is 8.93. The van der Waals surface area contributed by atoms with Crippen molar-refractivity contribution in [3.8, 4) is 0 Å². The number of nitrogens with one attached hydrogen (secondary N) is 1. The first-order valence-corrected chi connectivity index (χ1v) is 19.7. The van der Waals surface area contributed by atoms with Crippen LogP contribution in [0.3, 0.4) is 0 Å². The van der Waals surface area contributed by atoms with Gasteiger partial charge in [0.25, 0.3) is 0 Å². The summed E-state index contributed by atoms with van der Waals surface area (Å²) in [5.41, 5.74) is 8.86. The quantitative estimate of drug-likeness (QED) is 0.0962. The predicted octanol–water partition coefficient (Wildman–Crippen LogP) is 4.43. The third-order valence-electron chi connectivity index (χ3n) is 11.1. The van der Waals surface area contributed by atoms with E-state index in [-0.39, 0.29) is 85.9 Å². The molecule has 4 amide bonds. The number of carbonyl (C=O) groups is 5. The molecule has 0 bridgehead atoms. The molecule has 1 aromatic carbocycles. The van der Waals surface area contributed by atoms with Crippen LogP contribution in [0.15, 0.2) is 84.5 Å². The van der Waals surface area contributed by atoms with E-state index in [4.69, 9.17) is 15.2 Å². The number of likely N-dealkylation sites (tertiary alicyclic amines) is 2. The molecule has 11 nitrogen and oxygen atoms in total. The molecule has 0 unspecified atom stereocenters. The summed E-state index contributed by atoms with van der Waals surface area (Å²) in [4.78, 5) is 71.0. The Labute approximate surface area is 325 Å². The molecule has 2 saturated carbocycles. The summed E-state index contributed by atoms with van der Waals surface area (Å²) in [5.74, 6) is -4.82. The number of imide groups is 2. The topological polar surface area (TPSA) is 148 Å². The van der Waals surface area contributed by atoms with Gasteiger partial charge in [-0.25, -0.2) is 0 Å². The van der Waals surface area contributed by atoms with Crippen LogP contribution < -0.4 is 11.1 Å². The van der Waals surface area contributed by atoms with E-state index < -0.39 is 35.5 Å². The SMILES string of the molecule is C=C[C@H]1C(=CC(C)C)[C@@H](C=C[C@H]2C(=CC(C)C)[C@@H](C=Cc3ccccc3)[C@@H]3C(=O)N(CCN)C(=O)[C@@H]32)[C@@H]2C(=O)N(CCNCCC(=O)OCCOC)C(=O)[C@@H]21. The maximum absolute atomic E-state index is 14.2. The van der Waals surface area contributed by atoms with Crippen LogP contribution in [0.2, 0.25) is 0 Å². The third-order valence-corrected chi connectivity index (χ3v) is 11.1. The Hall–Kier alpha value is -4.45. The summed E-state index contributed by atoms with van der Waals surface area (Å²) in [5, 5.41) is 3.15. The number of esters is 1. The number of hydrogen-bond acceptors (Lipinski definition) is 9. The van der Waals surface area contributed by atoms with Gasteiger partial charge in [-0.05, 0) is 17.4 Å². The highest BCUT2D eigenvalue weighted by atomic mass is 16.6. The van der Waals surface area contributed by atoms with Crippen LogP contribution in [0.25, 0.3) is 6.08 Å². The fourth-order valence-corrected chi connectivity index (χ4v) is 8.93. The minimum Gasteiger partial charge on any atom is -0.463 e. The third kappa shape index (κ3) is 9.00. The number of nitrogens with two attached hydrogens (primary N) is 1. The molecule has 2 aliphatic heterocycles. The summed E-state index contributed by atoms with van der Waals surface area (Å²) in [7, 11) is 1.53. The van der Waals surface area contributed by atoms with E-state index in [9.17, 15) is 24.0 Å². The Morgan fingerprint density at radius 1 is 0.764 bits per heavy atom. The second kappa shape index (κ2) is 18.9. The van der Waals surface area contributed by atoms with Gasteiger partial charge in [-0.2, -0.15) is 0 Å². The van der Waals surface area contributed by atoms with Crippen LogP contribution in [-0.4, -0.2) is 92.4 Å². The van der Waals surface area contributed by atoms with Crippen molar-refractivity contribution in [2.45, 2.75) is 34.1 Å². The smallest absolute Gasteiger partial charge is 0.307 e. The Kier molecular flexibility index (Phi) is 14.4. The van der Waals surface area contributed by atoms with Crippen molar-refractivity contribution >= 4 is 35.7 Å². The van der Waals surface area contributed by atoms with Crippen LogP contribution in [0, 0.1) is 59.2 Å².